The van der Waals surface area contributed by atoms with Gasteiger partial charge < -0.3 is 4.74 Å². The van der Waals surface area contributed by atoms with Crippen LogP contribution in [-0.4, -0.2) is 12.2 Å². The van der Waals surface area contributed by atoms with E-state index in [0.717, 1.165) is 0 Å². The lowest BCUT2D eigenvalue weighted by Crippen LogP contribution is -1.73. The highest BCUT2D eigenvalue weighted by molar-refractivity contribution is 7.98. The van der Waals surface area contributed by atoms with Crippen LogP contribution >= 0.6 is 11.8 Å². The lowest BCUT2D eigenvalue weighted by atomic mass is 11.2. The number of ether oxygens (including phenoxy) is 1. The Labute approximate surface area is 42.4 Å². The first-order valence-corrected chi connectivity index (χ1v) is 3.02. The van der Waals surface area contributed by atoms with Crippen molar-refractivity contribution in [3.63, 3.8) is 0 Å². The van der Waals surface area contributed by atoms with Crippen LogP contribution in [0.1, 0.15) is 0 Å². The molecule has 0 saturated carbocycles. The summed E-state index contributed by atoms with van der Waals surface area (Å²) >= 11 is 1.63. The molecule has 0 aromatic carbocycles. The van der Waals surface area contributed by atoms with Gasteiger partial charge in [-0.2, -0.15) is 0 Å². The van der Waals surface area contributed by atoms with Crippen LogP contribution in [0.3, 0.4) is 0 Å². The summed E-state index contributed by atoms with van der Waals surface area (Å²) in [5.74, 6) is 0.712. The number of hydrogen-bond acceptors (Lipinski definition) is 2. The second-order valence-electron chi connectivity index (χ2n) is 0.740. The third-order valence-corrected chi connectivity index (χ3v) is 0.676. The van der Waals surface area contributed by atoms with Crippen LogP contribution in [0.15, 0.2) is 12.8 Å². The van der Waals surface area contributed by atoms with E-state index in [0.29, 0.717) is 5.94 Å². The molecular weight excluding hydrogens is 96.1 g/mol. The van der Waals surface area contributed by atoms with Gasteiger partial charge in [-0.1, -0.05) is 6.58 Å². The second-order valence-corrected chi connectivity index (χ2v) is 1.55. The molecule has 2 heteroatoms. The minimum atomic E-state index is 0.712. The van der Waals surface area contributed by atoms with Crippen LogP contribution in [0.25, 0.3) is 0 Å². The molecule has 0 saturated heterocycles. The van der Waals surface area contributed by atoms with Crippen molar-refractivity contribution in [2.75, 3.05) is 12.2 Å². The van der Waals surface area contributed by atoms with Crippen molar-refractivity contribution in [3.05, 3.63) is 12.8 Å². The maximum absolute atomic E-state index is 4.71. The lowest BCUT2D eigenvalue weighted by Gasteiger charge is -1.90. The zero-order valence-corrected chi connectivity index (χ0v) is 4.62. The van der Waals surface area contributed by atoms with Gasteiger partial charge in [0.2, 0.25) is 0 Å². The maximum atomic E-state index is 4.71. The maximum Gasteiger partial charge on any atom is 0.133 e. The molecule has 0 unspecified atom stereocenters. The fourth-order valence-corrected chi connectivity index (χ4v) is 0.348. The average Bonchev–Trinajstić information content (AvgIpc) is 1.61. The van der Waals surface area contributed by atoms with Crippen molar-refractivity contribution in [1.29, 1.82) is 0 Å². The lowest BCUT2D eigenvalue weighted by molar-refractivity contribution is 0.319. The number of thioether (sulfide) groups is 1. The van der Waals surface area contributed by atoms with Crippen molar-refractivity contribution in [2.24, 2.45) is 0 Å². The van der Waals surface area contributed by atoms with E-state index >= 15 is 0 Å². The minimum Gasteiger partial charge on any atom is -0.491 e. The first-order valence-electron chi connectivity index (χ1n) is 1.63. The van der Waals surface area contributed by atoms with Gasteiger partial charge in [0.05, 0.1) is 6.26 Å². The Bertz CT molecular complexity index is 36.5. The van der Waals surface area contributed by atoms with E-state index in [-0.39, 0.29) is 0 Å². The standard InChI is InChI=1S/C4H8OS/c1-3-5-4-6-2/h3H,1,4H2,2H3. The van der Waals surface area contributed by atoms with Gasteiger partial charge in [0, 0.05) is 0 Å². The second kappa shape index (κ2) is 4.89. The predicted molar refractivity (Wildman–Crippen MR) is 29.7 cm³/mol. The minimum absolute atomic E-state index is 0.712. The summed E-state index contributed by atoms with van der Waals surface area (Å²) in [5.41, 5.74) is 0. The number of hydrogen-bond donors (Lipinski definition) is 0. The highest BCUT2D eigenvalue weighted by Gasteiger charge is 1.68. The molecule has 0 spiro atoms. The Hall–Kier alpha value is -0.110. The SMILES string of the molecule is C=COCSC. The molecule has 0 aliphatic heterocycles. The Morgan fingerprint density at radius 1 is 2.00 bits per heavy atom. The van der Waals surface area contributed by atoms with Gasteiger partial charge in [-0.15, -0.1) is 11.8 Å². The highest BCUT2D eigenvalue weighted by atomic mass is 32.2. The molecule has 0 aromatic heterocycles. The van der Waals surface area contributed by atoms with Gasteiger partial charge in [0.25, 0.3) is 0 Å². The van der Waals surface area contributed by atoms with Crippen LogP contribution in [0.2, 0.25) is 0 Å². The summed E-state index contributed by atoms with van der Waals surface area (Å²) in [6.45, 7) is 3.36. The summed E-state index contributed by atoms with van der Waals surface area (Å²) in [6.07, 6.45) is 3.42. The smallest absolute Gasteiger partial charge is 0.133 e. The van der Waals surface area contributed by atoms with Crippen molar-refractivity contribution < 1.29 is 4.74 Å². The zero-order valence-electron chi connectivity index (χ0n) is 3.81. The van der Waals surface area contributed by atoms with Crippen molar-refractivity contribution >= 4 is 11.8 Å². The first-order chi connectivity index (χ1) is 2.91. The molecule has 0 atom stereocenters. The van der Waals surface area contributed by atoms with E-state index in [1.165, 1.54) is 6.26 Å². The Morgan fingerprint density at radius 3 is 2.83 bits per heavy atom. The fraction of sp³-hybridized carbons (Fsp3) is 0.500. The molecule has 0 aliphatic carbocycles. The van der Waals surface area contributed by atoms with Crippen LogP contribution in [-0.2, 0) is 4.74 Å². The molecule has 0 amide bonds. The molecule has 0 fully saturated rings. The summed E-state index contributed by atoms with van der Waals surface area (Å²) in [6, 6.07) is 0. The third-order valence-electron chi connectivity index (χ3n) is 0.304. The molecule has 6 heavy (non-hydrogen) atoms. The van der Waals surface area contributed by atoms with Crippen LogP contribution in [0, 0.1) is 0 Å². The van der Waals surface area contributed by atoms with Crippen LogP contribution < -0.4 is 0 Å². The molecule has 0 N–H and O–H groups in total. The summed E-state index contributed by atoms with van der Waals surface area (Å²) < 4.78 is 4.71. The van der Waals surface area contributed by atoms with E-state index in [1.54, 1.807) is 11.8 Å². The van der Waals surface area contributed by atoms with Crippen LogP contribution in [0.5, 0.6) is 0 Å². The average molecular weight is 104 g/mol. The third kappa shape index (κ3) is 3.89. The van der Waals surface area contributed by atoms with E-state index < -0.39 is 0 Å². The predicted octanol–water partition coefficient (Wildman–Crippen LogP) is 1.47. The van der Waals surface area contributed by atoms with Gasteiger partial charge in [-0.3, -0.25) is 0 Å². The largest absolute Gasteiger partial charge is 0.491 e. The van der Waals surface area contributed by atoms with Gasteiger partial charge in [-0.25, -0.2) is 0 Å². The van der Waals surface area contributed by atoms with Crippen molar-refractivity contribution in [3.8, 4) is 0 Å². The highest BCUT2D eigenvalue weighted by Crippen LogP contribution is 1.89. The summed E-state index contributed by atoms with van der Waals surface area (Å²) in [4.78, 5) is 0. The summed E-state index contributed by atoms with van der Waals surface area (Å²) in [7, 11) is 0. The van der Waals surface area contributed by atoms with E-state index in [1.807, 2.05) is 6.26 Å². The Kier molecular flexibility index (Phi) is 4.80. The van der Waals surface area contributed by atoms with E-state index in [2.05, 4.69) is 6.58 Å². The van der Waals surface area contributed by atoms with Crippen LogP contribution in [0.4, 0.5) is 0 Å². The van der Waals surface area contributed by atoms with Gasteiger partial charge in [-0.05, 0) is 6.26 Å². The fourth-order valence-electron chi connectivity index (χ4n) is 0.116. The normalized spacial score (nSPS) is 7.50. The quantitative estimate of drug-likeness (QED) is 0.304. The van der Waals surface area contributed by atoms with E-state index in [4.69, 9.17) is 4.74 Å². The molecular formula is C4H8OS. The topological polar surface area (TPSA) is 9.23 Å². The van der Waals surface area contributed by atoms with Crippen molar-refractivity contribution in [1.82, 2.24) is 0 Å². The van der Waals surface area contributed by atoms with Gasteiger partial charge >= 0.3 is 0 Å². The molecule has 0 aliphatic rings. The molecule has 0 rings (SSSR count). The molecule has 0 radical (unpaired) electrons. The molecule has 0 heterocycles. The molecule has 36 valence electrons. The first kappa shape index (κ1) is 5.89. The molecule has 0 bridgehead atoms. The number of rotatable bonds is 3. The zero-order chi connectivity index (χ0) is 4.83. The summed E-state index contributed by atoms with van der Waals surface area (Å²) in [5, 5.41) is 0. The monoisotopic (exact) mass is 104 g/mol. The van der Waals surface area contributed by atoms with E-state index in [9.17, 15) is 0 Å². The Balaban J connectivity index is 2.49. The van der Waals surface area contributed by atoms with Gasteiger partial charge in [0.1, 0.15) is 5.94 Å². The molecule has 1 nitrogen and oxygen atoms in total. The van der Waals surface area contributed by atoms with Crippen molar-refractivity contribution in [2.45, 2.75) is 0 Å². The Morgan fingerprint density at radius 2 is 2.67 bits per heavy atom. The molecule has 0 aromatic rings. The van der Waals surface area contributed by atoms with Gasteiger partial charge in [0.15, 0.2) is 0 Å².